The van der Waals surface area contributed by atoms with E-state index in [-0.39, 0.29) is 17.6 Å². The molecule has 0 N–H and O–H groups in total. The fourth-order valence-electron chi connectivity index (χ4n) is 3.06. The smallest absolute Gasteiger partial charge is 0.414 e. The minimum absolute atomic E-state index is 0.258. The molecule has 2 aliphatic rings. The van der Waals surface area contributed by atoms with Gasteiger partial charge in [-0.25, -0.2) is 9.48 Å². The molecule has 0 unspecified atom stereocenters. The Morgan fingerprint density at radius 2 is 2.12 bits per heavy atom. The second-order valence-corrected chi connectivity index (χ2v) is 6.41. The summed E-state index contributed by atoms with van der Waals surface area (Å²) in [4.78, 5) is 13.8. The zero-order chi connectivity index (χ0) is 16.7. The van der Waals surface area contributed by atoms with E-state index in [9.17, 15) is 10.1 Å². The number of hydrogen-bond donors (Lipinski definition) is 0. The number of aromatic nitrogens is 3. The lowest BCUT2D eigenvalue weighted by molar-refractivity contribution is 0.128. The summed E-state index contributed by atoms with van der Waals surface area (Å²) in [6, 6.07) is 10.0. The van der Waals surface area contributed by atoms with E-state index in [2.05, 4.69) is 16.4 Å². The Kier molecular flexibility index (Phi) is 3.27. The highest BCUT2D eigenvalue weighted by Crippen LogP contribution is 2.47. The number of amides is 1. The van der Waals surface area contributed by atoms with Crippen LogP contribution in [0, 0.1) is 18.3 Å². The molecular weight excluding hydrogens is 306 g/mol. The van der Waals surface area contributed by atoms with Gasteiger partial charge in [-0.05, 0) is 37.5 Å². The Labute approximate surface area is 139 Å². The van der Waals surface area contributed by atoms with Gasteiger partial charge in [0.05, 0.1) is 36.5 Å². The molecule has 1 atom stereocenters. The Morgan fingerprint density at radius 1 is 1.38 bits per heavy atom. The number of rotatable bonds is 4. The topological polar surface area (TPSA) is 84.0 Å². The molecule has 4 rings (SSSR count). The van der Waals surface area contributed by atoms with E-state index in [1.807, 2.05) is 31.2 Å². The van der Waals surface area contributed by atoms with Crippen LogP contribution in [0.15, 0.2) is 30.5 Å². The van der Waals surface area contributed by atoms with Crippen LogP contribution in [0.1, 0.15) is 24.1 Å². The van der Waals surface area contributed by atoms with Gasteiger partial charge >= 0.3 is 6.09 Å². The molecule has 24 heavy (non-hydrogen) atoms. The lowest BCUT2D eigenvalue weighted by Crippen LogP contribution is -2.26. The second kappa shape index (κ2) is 5.34. The highest BCUT2D eigenvalue weighted by atomic mass is 16.6. The van der Waals surface area contributed by atoms with Crippen molar-refractivity contribution in [3.05, 3.63) is 41.7 Å². The molecule has 0 bridgehead atoms. The number of nitrogens with zero attached hydrogens (tertiary/aromatic N) is 5. The van der Waals surface area contributed by atoms with Crippen LogP contribution in [0.25, 0.3) is 0 Å². The third-order valence-electron chi connectivity index (χ3n) is 4.76. The number of cyclic esters (lactones) is 1. The van der Waals surface area contributed by atoms with Gasteiger partial charge in [0.25, 0.3) is 0 Å². The first-order valence-corrected chi connectivity index (χ1v) is 7.96. The number of hydrogen-bond acceptors (Lipinski definition) is 5. The normalized spacial score (nSPS) is 21.4. The summed E-state index contributed by atoms with van der Waals surface area (Å²) in [5.74, 6) is 0. The predicted molar refractivity (Wildman–Crippen MR) is 85.3 cm³/mol. The number of ether oxygens (including phenoxy) is 1. The van der Waals surface area contributed by atoms with Crippen LogP contribution < -0.4 is 4.90 Å². The maximum absolute atomic E-state index is 12.2. The highest BCUT2D eigenvalue weighted by Gasteiger charge is 2.45. The number of benzene rings is 1. The van der Waals surface area contributed by atoms with Crippen molar-refractivity contribution < 1.29 is 9.53 Å². The van der Waals surface area contributed by atoms with Crippen LogP contribution in [-0.4, -0.2) is 33.7 Å². The highest BCUT2D eigenvalue weighted by molar-refractivity contribution is 5.89. The minimum atomic E-state index is -0.355. The van der Waals surface area contributed by atoms with Crippen molar-refractivity contribution in [2.45, 2.75) is 37.8 Å². The molecule has 1 aliphatic carbocycles. The quantitative estimate of drug-likeness (QED) is 0.861. The van der Waals surface area contributed by atoms with E-state index < -0.39 is 0 Å². The van der Waals surface area contributed by atoms with Gasteiger partial charge in [0.15, 0.2) is 0 Å². The average molecular weight is 323 g/mol. The lowest BCUT2D eigenvalue weighted by Gasteiger charge is -2.14. The zero-order valence-electron chi connectivity index (χ0n) is 13.3. The summed E-state index contributed by atoms with van der Waals surface area (Å²) in [6.07, 6.45) is 2.89. The molecule has 0 radical (unpaired) electrons. The first-order valence-electron chi connectivity index (χ1n) is 7.96. The van der Waals surface area contributed by atoms with Gasteiger partial charge in [-0.15, -0.1) is 5.10 Å². The molecule has 7 nitrogen and oxygen atoms in total. The van der Waals surface area contributed by atoms with Gasteiger partial charge in [0, 0.05) is 5.69 Å². The molecule has 2 heterocycles. The van der Waals surface area contributed by atoms with Crippen molar-refractivity contribution in [3.8, 4) is 6.07 Å². The Bertz CT molecular complexity index is 816. The zero-order valence-corrected chi connectivity index (χ0v) is 13.3. The Balaban J connectivity index is 1.48. The molecule has 1 saturated heterocycles. The molecule has 1 aromatic carbocycles. The van der Waals surface area contributed by atoms with Crippen molar-refractivity contribution >= 4 is 11.8 Å². The van der Waals surface area contributed by atoms with Gasteiger partial charge in [-0.1, -0.05) is 17.3 Å². The first-order chi connectivity index (χ1) is 11.6. The van der Waals surface area contributed by atoms with Crippen LogP contribution in [0.3, 0.4) is 0 Å². The van der Waals surface area contributed by atoms with Gasteiger partial charge in [-0.2, -0.15) is 5.26 Å². The van der Waals surface area contributed by atoms with Crippen molar-refractivity contribution in [3.63, 3.8) is 0 Å². The fourth-order valence-corrected chi connectivity index (χ4v) is 3.06. The standard InChI is InChI=1S/C17H17N5O2/c1-12-8-19-20-22(12)10-15-9-21(16(23)24-15)14-4-2-13(3-5-14)17(11-18)6-7-17/h2-5,8,15H,6-7,9-10H2,1H3/t15-/m1/s1. The van der Waals surface area contributed by atoms with Gasteiger partial charge in [-0.3, -0.25) is 4.90 Å². The number of carbonyl (C=O) groups is 1. The van der Waals surface area contributed by atoms with E-state index in [1.54, 1.807) is 15.8 Å². The molecule has 1 aromatic heterocycles. The van der Waals surface area contributed by atoms with Gasteiger partial charge in [0.1, 0.15) is 6.10 Å². The summed E-state index contributed by atoms with van der Waals surface area (Å²) < 4.78 is 7.16. The Hall–Kier alpha value is -2.88. The van der Waals surface area contributed by atoms with Crippen LogP contribution >= 0.6 is 0 Å². The van der Waals surface area contributed by atoms with Crippen molar-refractivity contribution in [1.82, 2.24) is 15.0 Å². The van der Waals surface area contributed by atoms with Crippen LogP contribution in [0.4, 0.5) is 10.5 Å². The van der Waals surface area contributed by atoms with Crippen LogP contribution in [0.2, 0.25) is 0 Å². The third kappa shape index (κ3) is 2.40. The van der Waals surface area contributed by atoms with Crippen LogP contribution in [-0.2, 0) is 16.7 Å². The monoisotopic (exact) mass is 323 g/mol. The van der Waals surface area contributed by atoms with Crippen molar-refractivity contribution in [1.29, 1.82) is 5.26 Å². The maximum Gasteiger partial charge on any atom is 0.414 e. The third-order valence-corrected chi connectivity index (χ3v) is 4.76. The SMILES string of the molecule is Cc1cnnn1C[C@H]1CN(c2ccc(C3(C#N)CC3)cc2)C(=O)O1. The molecule has 2 aromatic rings. The predicted octanol–water partition coefficient (Wildman–Crippen LogP) is 2.17. The van der Waals surface area contributed by atoms with E-state index in [0.717, 1.165) is 29.8 Å². The van der Waals surface area contributed by atoms with Gasteiger partial charge < -0.3 is 4.74 Å². The summed E-state index contributed by atoms with van der Waals surface area (Å²) in [7, 11) is 0. The average Bonchev–Trinajstić information content (AvgIpc) is 3.18. The van der Waals surface area contributed by atoms with E-state index in [4.69, 9.17) is 4.74 Å². The van der Waals surface area contributed by atoms with Crippen molar-refractivity contribution in [2.75, 3.05) is 11.4 Å². The molecule has 0 spiro atoms. The largest absolute Gasteiger partial charge is 0.442 e. The van der Waals surface area contributed by atoms with E-state index >= 15 is 0 Å². The minimum Gasteiger partial charge on any atom is -0.442 e. The molecule has 1 amide bonds. The molecule has 1 aliphatic heterocycles. The lowest BCUT2D eigenvalue weighted by atomic mass is 9.97. The second-order valence-electron chi connectivity index (χ2n) is 6.41. The summed E-state index contributed by atoms with van der Waals surface area (Å²) in [5, 5.41) is 17.1. The molecule has 2 fully saturated rings. The molecule has 7 heteroatoms. The number of aryl methyl sites for hydroxylation is 1. The Morgan fingerprint density at radius 3 is 2.71 bits per heavy atom. The fraction of sp³-hybridized carbons (Fsp3) is 0.412. The van der Waals surface area contributed by atoms with E-state index in [1.165, 1.54) is 0 Å². The summed E-state index contributed by atoms with van der Waals surface area (Å²) in [5.41, 5.74) is 2.43. The number of anilines is 1. The molecule has 1 saturated carbocycles. The first kappa shape index (κ1) is 14.7. The number of nitriles is 1. The van der Waals surface area contributed by atoms with Crippen LogP contribution in [0.5, 0.6) is 0 Å². The summed E-state index contributed by atoms with van der Waals surface area (Å²) in [6.45, 7) is 2.88. The van der Waals surface area contributed by atoms with E-state index in [0.29, 0.717) is 13.1 Å². The summed E-state index contributed by atoms with van der Waals surface area (Å²) >= 11 is 0. The molecular formula is C17H17N5O2. The number of carbonyl (C=O) groups excluding carboxylic acids is 1. The van der Waals surface area contributed by atoms with Crippen molar-refractivity contribution in [2.24, 2.45) is 0 Å². The van der Waals surface area contributed by atoms with Gasteiger partial charge in [0.2, 0.25) is 0 Å². The maximum atomic E-state index is 12.2. The molecule has 122 valence electrons.